The van der Waals surface area contributed by atoms with Gasteiger partial charge in [-0.15, -0.1) is 0 Å². The predicted octanol–water partition coefficient (Wildman–Crippen LogP) is 3.49. The monoisotopic (exact) mass is 296 g/mol. The molecule has 4 heteroatoms. The van der Waals surface area contributed by atoms with Crippen molar-refractivity contribution in [1.29, 1.82) is 5.26 Å². The Morgan fingerprint density at radius 2 is 1.64 bits per heavy atom. The molecule has 0 radical (unpaired) electrons. The lowest BCUT2D eigenvalue weighted by atomic mass is 10.2. The van der Waals surface area contributed by atoms with Gasteiger partial charge < -0.3 is 14.4 Å². The number of anilines is 1. The van der Waals surface area contributed by atoms with Gasteiger partial charge in [0.25, 0.3) is 0 Å². The highest BCUT2D eigenvalue weighted by molar-refractivity contribution is 5.46. The number of hydrogen-bond acceptors (Lipinski definition) is 4. The molecule has 0 spiro atoms. The SMILES string of the molecule is COc1ccc(OCCN(CCC#N)c2ccccc2)cc1. The molecule has 0 aliphatic carbocycles. The molecule has 2 rings (SSSR count). The average Bonchev–Trinajstić information content (AvgIpc) is 2.59. The molecule has 2 aromatic carbocycles. The van der Waals surface area contributed by atoms with Crippen LogP contribution in [0.2, 0.25) is 0 Å². The molecule has 0 aliphatic heterocycles. The molecule has 0 N–H and O–H groups in total. The normalized spacial score (nSPS) is 9.82. The van der Waals surface area contributed by atoms with Crippen molar-refractivity contribution in [3.8, 4) is 17.6 Å². The van der Waals surface area contributed by atoms with Gasteiger partial charge in [0.2, 0.25) is 0 Å². The second-order valence-corrected chi connectivity index (χ2v) is 4.75. The van der Waals surface area contributed by atoms with Crippen molar-refractivity contribution in [3.05, 3.63) is 54.6 Å². The molecule has 0 saturated carbocycles. The Morgan fingerprint density at radius 3 is 2.27 bits per heavy atom. The van der Waals surface area contributed by atoms with Crippen molar-refractivity contribution in [1.82, 2.24) is 0 Å². The van der Waals surface area contributed by atoms with Crippen LogP contribution in [0.3, 0.4) is 0 Å². The van der Waals surface area contributed by atoms with Crippen LogP contribution in [0.5, 0.6) is 11.5 Å². The fraction of sp³-hybridized carbons (Fsp3) is 0.278. The first-order valence-corrected chi connectivity index (χ1v) is 7.27. The van der Waals surface area contributed by atoms with E-state index in [1.807, 2.05) is 54.6 Å². The van der Waals surface area contributed by atoms with Gasteiger partial charge in [0.05, 0.1) is 26.1 Å². The topological polar surface area (TPSA) is 45.5 Å². The lowest BCUT2D eigenvalue weighted by Crippen LogP contribution is -2.29. The largest absolute Gasteiger partial charge is 0.497 e. The maximum atomic E-state index is 8.80. The van der Waals surface area contributed by atoms with Crippen molar-refractivity contribution < 1.29 is 9.47 Å². The summed E-state index contributed by atoms with van der Waals surface area (Å²) in [4.78, 5) is 2.16. The Labute approximate surface area is 131 Å². The number of benzene rings is 2. The van der Waals surface area contributed by atoms with Crippen LogP contribution in [0.25, 0.3) is 0 Å². The lowest BCUT2D eigenvalue weighted by Gasteiger charge is -2.23. The zero-order valence-corrected chi connectivity index (χ0v) is 12.7. The first-order chi connectivity index (χ1) is 10.8. The summed E-state index contributed by atoms with van der Waals surface area (Å²) in [6.45, 7) is 2.00. The van der Waals surface area contributed by atoms with E-state index in [0.717, 1.165) is 23.7 Å². The molecule has 0 aliphatic rings. The summed E-state index contributed by atoms with van der Waals surface area (Å²) in [6, 6.07) is 19.8. The van der Waals surface area contributed by atoms with Gasteiger partial charge in [-0.05, 0) is 36.4 Å². The van der Waals surface area contributed by atoms with Gasteiger partial charge in [-0.25, -0.2) is 0 Å². The van der Waals surface area contributed by atoms with E-state index in [-0.39, 0.29) is 0 Å². The number of methoxy groups -OCH3 is 1. The minimum atomic E-state index is 0.497. The molecule has 0 unspecified atom stereocenters. The van der Waals surface area contributed by atoms with E-state index in [1.165, 1.54) is 0 Å². The molecule has 114 valence electrons. The molecule has 0 fully saturated rings. The number of para-hydroxylation sites is 1. The van der Waals surface area contributed by atoms with Gasteiger partial charge in [0.15, 0.2) is 0 Å². The Bertz CT molecular complexity index is 591. The van der Waals surface area contributed by atoms with Gasteiger partial charge >= 0.3 is 0 Å². The molecule has 22 heavy (non-hydrogen) atoms. The Hall–Kier alpha value is -2.67. The van der Waals surface area contributed by atoms with Crippen molar-refractivity contribution >= 4 is 5.69 Å². The van der Waals surface area contributed by atoms with Crippen LogP contribution in [-0.4, -0.2) is 26.8 Å². The molecule has 0 saturated heterocycles. The van der Waals surface area contributed by atoms with E-state index in [1.54, 1.807) is 7.11 Å². The zero-order chi connectivity index (χ0) is 15.6. The Balaban J connectivity index is 1.89. The molecule has 0 atom stereocenters. The third-order valence-corrected chi connectivity index (χ3v) is 3.30. The Morgan fingerprint density at radius 1 is 0.955 bits per heavy atom. The minimum Gasteiger partial charge on any atom is -0.497 e. The highest BCUT2D eigenvalue weighted by Crippen LogP contribution is 2.18. The molecular formula is C18H20N2O2. The van der Waals surface area contributed by atoms with E-state index in [0.29, 0.717) is 19.6 Å². The fourth-order valence-corrected chi connectivity index (χ4v) is 2.14. The maximum Gasteiger partial charge on any atom is 0.119 e. The summed E-state index contributed by atoms with van der Waals surface area (Å²) < 4.78 is 10.9. The number of hydrogen-bond donors (Lipinski definition) is 0. The fourth-order valence-electron chi connectivity index (χ4n) is 2.14. The quantitative estimate of drug-likeness (QED) is 0.748. The van der Waals surface area contributed by atoms with Crippen molar-refractivity contribution in [2.45, 2.75) is 6.42 Å². The van der Waals surface area contributed by atoms with E-state index >= 15 is 0 Å². The van der Waals surface area contributed by atoms with Crippen LogP contribution in [0, 0.1) is 11.3 Å². The van der Waals surface area contributed by atoms with Crippen molar-refractivity contribution in [2.75, 3.05) is 31.7 Å². The second-order valence-electron chi connectivity index (χ2n) is 4.75. The van der Waals surface area contributed by atoms with Crippen LogP contribution in [-0.2, 0) is 0 Å². The maximum absolute atomic E-state index is 8.80. The van der Waals surface area contributed by atoms with Crippen LogP contribution in [0.4, 0.5) is 5.69 Å². The van der Waals surface area contributed by atoms with Gasteiger partial charge in [-0.3, -0.25) is 0 Å². The van der Waals surface area contributed by atoms with Gasteiger partial charge in [0.1, 0.15) is 18.1 Å². The predicted molar refractivity (Wildman–Crippen MR) is 87.4 cm³/mol. The van der Waals surface area contributed by atoms with Gasteiger partial charge in [-0.2, -0.15) is 5.26 Å². The van der Waals surface area contributed by atoms with Gasteiger partial charge in [0, 0.05) is 12.2 Å². The lowest BCUT2D eigenvalue weighted by molar-refractivity contribution is 0.323. The Kier molecular flexibility index (Phi) is 6.13. The molecule has 2 aromatic rings. The number of nitriles is 1. The highest BCUT2D eigenvalue weighted by Gasteiger charge is 2.06. The summed E-state index contributed by atoms with van der Waals surface area (Å²) in [7, 11) is 1.64. The standard InChI is InChI=1S/C18H20N2O2/c1-21-17-8-10-18(11-9-17)22-15-14-20(13-5-12-19)16-6-3-2-4-7-16/h2-4,6-11H,5,13-15H2,1H3. The summed E-state index contributed by atoms with van der Waals surface area (Å²) in [5, 5.41) is 8.80. The molecule has 0 heterocycles. The summed E-state index contributed by atoms with van der Waals surface area (Å²) >= 11 is 0. The second kappa shape index (κ2) is 8.58. The van der Waals surface area contributed by atoms with E-state index < -0.39 is 0 Å². The third-order valence-electron chi connectivity index (χ3n) is 3.30. The van der Waals surface area contributed by atoms with E-state index in [4.69, 9.17) is 14.7 Å². The number of ether oxygens (including phenoxy) is 2. The van der Waals surface area contributed by atoms with Crippen molar-refractivity contribution in [2.24, 2.45) is 0 Å². The van der Waals surface area contributed by atoms with Crippen LogP contribution < -0.4 is 14.4 Å². The van der Waals surface area contributed by atoms with Crippen molar-refractivity contribution in [3.63, 3.8) is 0 Å². The summed E-state index contributed by atoms with van der Waals surface area (Å²) in [6.07, 6.45) is 0.497. The average molecular weight is 296 g/mol. The summed E-state index contributed by atoms with van der Waals surface area (Å²) in [5.41, 5.74) is 1.11. The molecule has 0 aromatic heterocycles. The first-order valence-electron chi connectivity index (χ1n) is 7.27. The zero-order valence-electron chi connectivity index (χ0n) is 12.7. The minimum absolute atomic E-state index is 0.497. The smallest absolute Gasteiger partial charge is 0.119 e. The van der Waals surface area contributed by atoms with E-state index in [9.17, 15) is 0 Å². The molecule has 0 amide bonds. The molecule has 4 nitrogen and oxygen atoms in total. The van der Waals surface area contributed by atoms with Crippen LogP contribution in [0.15, 0.2) is 54.6 Å². The van der Waals surface area contributed by atoms with Gasteiger partial charge in [-0.1, -0.05) is 18.2 Å². The van der Waals surface area contributed by atoms with Crippen LogP contribution >= 0.6 is 0 Å². The number of nitrogens with zero attached hydrogens (tertiary/aromatic N) is 2. The third kappa shape index (κ3) is 4.71. The highest BCUT2D eigenvalue weighted by atomic mass is 16.5. The molecule has 0 bridgehead atoms. The summed E-state index contributed by atoms with van der Waals surface area (Å²) in [5.74, 6) is 1.63. The molecular weight excluding hydrogens is 276 g/mol. The number of rotatable bonds is 8. The van der Waals surface area contributed by atoms with E-state index in [2.05, 4.69) is 11.0 Å². The van der Waals surface area contributed by atoms with Crippen LogP contribution in [0.1, 0.15) is 6.42 Å². The first kappa shape index (κ1) is 15.7.